The first kappa shape index (κ1) is 18.9. The summed E-state index contributed by atoms with van der Waals surface area (Å²) in [5.74, 6) is -0.399. The molecule has 0 fully saturated rings. The maximum Gasteiger partial charge on any atom is 0.269 e. The maximum absolute atomic E-state index is 12.5. The van der Waals surface area contributed by atoms with Crippen molar-refractivity contribution in [2.75, 3.05) is 20.2 Å². The van der Waals surface area contributed by atoms with E-state index in [0.717, 1.165) is 11.3 Å². The fourth-order valence-corrected chi connectivity index (χ4v) is 4.37. The first-order valence-corrected chi connectivity index (χ1v) is 9.90. The van der Waals surface area contributed by atoms with Crippen LogP contribution in [-0.4, -0.2) is 49.6 Å². The molecule has 0 radical (unpaired) electrons. The van der Waals surface area contributed by atoms with Crippen LogP contribution in [-0.2, 0) is 21.4 Å². The predicted molar refractivity (Wildman–Crippen MR) is 98.7 cm³/mol. The van der Waals surface area contributed by atoms with Crippen molar-refractivity contribution in [3.05, 3.63) is 59.7 Å². The number of fused-ring (bicyclic) bond motifs is 1. The van der Waals surface area contributed by atoms with Crippen molar-refractivity contribution < 1.29 is 22.7 Å². The standard InChI is InChI=1S/C19H20N2O5S/c1-3-26-15-10-8-14(9-11-15)12-20(2)18(22)13-21-19(23)16-6-4-5-7-17(16)27(21,24)25/h4-11H,3,12-13H2,1-2H3. The van der Waals surface area contributed by atoms with Crippen molar-refractivity contribution in [3.63, 3.8) is 0 Å². The summed E-state index contributed by atoms with van der Waals surface area (Å²) in [6, 6.07) is 13.2. The minimum Gasteiger partial charge on any atom is -0.494 e. The van der Waals surface area contributed by atoms with Crippen LogP contribution in [0.1, 0.15) is 22.8 Å². The lowest BCUT2D eigenvalue weighted by Gasteiger charge is -2.21. The van der Waals surface area contributed by atoms with E-state index >= 15 is 0 Å². The molecule has 1 aliphatic heterocycles. The molecule has 0 saturated heterocycles. The molecule has 0 atom stereocenters. The number of amides is 2. The zero-order chi connectivity index (χ0) is 19.6. The molecule has 0 aliphatic carbocycles. The lowest BCUT2D eigenvalue weighted by Crippen LogP contribution is -2.40. The Kier molecular flexibility index (Phi) is 5.18. The van der Waals surface area contributed by atoms with Gasteiger partial charge in [0.15, 0.2) is 0 Å². The van der Waals surface area contributed by atoms with Gasteiger partial charge in [0.25, 0.3) is 15.9 Å². The molecule has 0 N–H and O–H groups in total. The van der Waals surface area contributed by atoms with Gasteiger partial charge in [0.05, 0.1) is 12.2 Å². The Morgan fingerprint density at radius 1 is 1.11 bits per heavy atom. The quantitative estimate of drug-likeness (QED) is 0.755. The molecule has 1 heterocycles. The molecule has 2 amide bonds. The van der Waals surface area contributed by atoms with Crippen LogP contribution in [0.15, 0.2) is 53.4 Å². The average Bonchev–Trinajstić information content (AvgIpc) is 2.84. The Labute approximate surface area is 158 Å². The third-order valence-corrected chi connectivity index (χ3v) is 6.06. The van der Waals surface area contributed by atoms with Gasteiger partial charge in [0, 0.05) is 13.6 Å². The number of ether oxygens (including phenoxy) is 1. The highest BCUT2D eigenvalue weighted by Gasteiger charge is 2.42. The number of carbonyl (C=O) groups is 2. The number of rotatable bonds is 6. The smallest absolute Gasteiger partial charge is 0.269 e. The first-order chi connectivity index (χ1) is 12.8. The van der Waals surface area contributed by atoms with Gasteiger partial charge >= 0.3 is 0 Å². The fourth-order valence-electron chi connectivity index (χ4n) is 2.85. The van der Waals surface area contributed by atoms with Crippen LogP contribution in [0.5, 0.6) is 5.75 Å². The third kappa shape index (κ3) is 3.66. The minimum atomic E-state index is -3.99. The molecule has 7 nitrogen and oxygen atoms in total. The van der Waals surface area contributed by atoms with Gasteiger partial charge in [-0.1, -0.05) is 24.3 Å². The molecule has 0 bridgehead atoms. The van der Waals surface area contributed by atoms with Crippen molar-refractivity contribution in [1.29, 1.82) is 0 Å². The van der Waals surface area contributed by atoms with Gasteiger partial charge in [-0.3, -0.25) is 9.59 Å². The molecule has 1 aliphatic rings. The van der Waals surface area contributed by atoms with Crippen molar-refractivity contribution in [3.8, 4) is 5.75 Å². The maximum atomic E-state index is 12.5. The number of hydrogen-bond donors (Lipinski definition) is 0. The molecule has 3 rings (SSSR count). The first-order valence-electron chi connectivity index (χ1n) is 8.46. The van der Waals surface area contributed by atoms with Gasteiger partial charge in [0.2, 0.25) is 5.91 Å². The number of likely N-dealkylation sites (N-methyl/N-ethyl adjacent to an activating group) is 1. The number of sulfonamides is 1. The fraction of sp³-hybridized carbons (Fsp3) is 0.263. The highest BCUT2D eigenvalue weighted by Crippen LogP contribution is 2.29. The number of hydrogen-bond acceptors (Lipinski definition) is 5. The molecular formula is C19H20N2O5S. The van der Waals surface area contributed by atoms with Crippen LogP contribution < -0.4 is 4.74 Å². The van der Waals surface area contributed by atoms with E-state index in [-0.39, 0.29) is 10.5 Å². The third-order valence-electron chi connectivity index (χ3n) is 4.27. The summed E-state index contributed by atoms with van der Waals surface area (Å²) in [4.78, 5) is 26.2. The van der Waals surface area contributed by atoms with E-state index in [1.54, 1.807) is 19.2 Å². The Hall–Kier alpha value is -2.87. The van der Waals surface area contributed by atoms with Crippen LogP contribution >= 0.6 is 0 Å². The normalized spacial score (nSPS) is 14.7. The van der Waals surface area contributed by atoms with E-state index in [1.807, 2.05) is 31.2 Å². The molecular weight excluding hydrogens is 368 g/mol. The van der Waals surface area contributed by atoms with Crippen LogP contribution in [0.25, 0.3) is 0 Å². The SMILES string of the molecule is CCOc1ccc(CN(C)C(=O)CN2C(=O)c3ccccc3S2(=O)=O)cc1. The zero-order valence-electron chi connectivity index (χ0n) is 15.1. The van der Waals surface area contributed by atoms with Gasteiger partial charge < -0.3 is 9.64 Å². The molecule has 2 aromatic carbocycles. The van der Waals surface area contributed by atoms with E-state index in [0.29, 0.717) is 17.5 Å². The van der Waals surface area contributed by atoms with E-state index in [2.05, 4.69) is 0 Å². The van der Waals surface area contributed by atoms with Crippen LogP contribution in [0.2, 0.25) is 0 Å². The second kappa shape index (κ2) is 7.40. The summed E-state index contributed by atoms with van der Waals surface area (Å²) in [6.07, 6.45) is 0. The molecule has 0 aromatic heterocycles. The summed E-state index contributed by atoms with van der Waals surface area (Å²) < 4.78 is 31.1. The van der Waals surface area contributed by atoms with Gasteiger partial charge in [0.1, 0.15) is 17.2 Å². The topological polar surface area (TPSA) is 84.0 Å². The Bertz CT molecular complexity index is 970. The number of nitrogens with zero attached hydrogens (tertiary/aromatic N) is 2. The summed E-state index contributed by atoms with van der Waals surface area (Å²) in [5.41, 5.74) is 0.965. The predicted octanol–water partition coefficient (Wildman–Crippen LogP) is 1.89. The number of benzene rings is 2. The van der Waals surface area contributed by atoms with E-state index in [9.17, 15) is 18.0 Å². The zero-order valence-corrected chi connectivity index (χ0v) is 15.9. The van der Waals surface area contributed by atoms with Crippen molar-refractivity contribution in [2.24, 2.45) is 0 Å². The van der Waals surface area contributed by atoms with Crippen molar-refractivity contribution >= 4 is 21.8 Å². The Morgan fingerprint density at radius 3 is 2.41 bits per heavy atom. The van der Waals surface area contributed by atoms with Crippen molar-refractivity contribution in [2.45, 2.75) is 18.4 Å². The lowest BCUT2D eigenvalue weighted by molar-refractivity contribution is -0.130. The number of carbonyl (C=O) groups excluding carboxylic acids is 2. The van der Waals surface area contributed by atoms with E-state index in [4.69, 9.17) is 4.74 Å². The molecule has 2 aromatic rings. The van der Waals surface area contributed by atoms with Crippen LogP contribution in [0, 0.1) is 0 Å². The monoisotopic (exact) mass is 388 g/mol. The highest BCUT2D eigenvalue weighted by atomic mass is 32.2. The summed E-state index contributed by atoms with van der Waals surface area (Å²) in [6.45, 7) is 2.23. The highest BCUT2D eigenvalue weighted by molar-refractivity contribution is 7.90. The summed E-state index contributed by atoms with van der Waals surface area (Å²) in [5, 5.41) is 0. The Balaban J connectivity index is 1.69. The molecule has 27 heavy (non-hydrogen) atoms. The van der Waals surface area contributed by atoms with Gasteiger partial charge in [-0.15, -0.1) is 0 Å². The van der Waals surface area contributed by atoms with Gasteiger partial charge in [-0.05, 0) is 36.8 Å². The van der Waals surface area contributed by atoms with E-state index < -0.39 is 28.4 Å². The minimum absolute atomic E-state index is 0.0584. The largest absolute Gasteiger partial charge is 0.494 e. The van der Waals surface area contributed by atoms with Gasteiger partial charge in [-0.2, -0.15) is 0 Å². The Morgan fingerprint density at radius 2 is 1.78 bits per heavy atom. The lowest BCUT2D eigenvalue weighted by atomic mass is 10.2. The summed E-state index contributed by atoms with van der Waals surface area (Å²) >= 11 is 0. The molecule has 0 unspecified atom stereocenters. The van der Waals surface area contributed by atoms with Crippen LogP contribution in [0.3, 0.4) is 0 Å². The summed E-state index contributed by atoms with van der Waals surface area (Å²) in [7, 11) is -2.42. The van der Waals surface area contributed by atoms with Crippen molar-refractivity contribution in [1.82, 2.24) is 9.21 Å². The van der Waals surface area contributed by atoms with Gasteiger partial charge in [-0.25, -0.2) is 12.7 Å². The molecule has 0 spiro atoms. The molecule has 142 valence electrons. The van der Waals surface area contributed by atoms with E-state index in [1.165, 1.54) is 17.0 Å². The second-order valence-electron chi connectivity index (χ2n) is 6.14. The molecule has 0 saturated carbocycles. The second-order valence-corrected chi connectivity index (χ2v) is 7.97. The molecule has 8 heteroatoms. The average molecular weight is 388 g/mol. The van der Waals surface area contributed by atoms with Crippen LogP contribution in [0.4, 0.5) is 0 Å².